The number of nitrogens with zero attached hydrogens (tertiary/aromatic N) is 3. The number of aliphatic hydroxyl groups excluding tert-OH is 1. The first-order valence-corrected chi connectivity index (χ1v) is 4.66. The van der Waals surface area contributed by atoms with E-state index in [4.69, 9.17) is 15.6 Å². The van der Waals surface area contributed by atoms with Gasteiger partial charge in [-0.25, -0.2) is 14.1 Å². The molecule has 1 aliphatic rings. The Bertz CT molecular complexity index is 410. The molecule has 1 aliphatic heterocycles. The van der Waals surface area contributed by atoms with Crippen LogP contribution >= 0.6 is 0 Å². The largest absolute Gasteiger partial charge is 0.393 e. The van der Waals surface area contributed by atoms with Crippen LogP contribution in [-0.2, 0) is 4.74 Å². The second-order valence-corrected chi connectivity index (χ2v) is 3.69. The molecule has 0 aromatic carbocycles. The van der Waals surface area contributed by atoms with E-state index in [1.807, 2.05) is 0 Å². The summed E-state index contributed by atoms with van der Waals surface area (Å²) >= 11 is 0. The van der Waals surface area contributed by atoms with E-state index in [0.717, 1.165) is 0 Å². The number of hydrogen-bond acceptors (Lipinski definition) is 5. The number of hydrogen-bond donors (Lipinski definition) is 2. The fraction of sp³-hybridized carbons (Fsp3) is 0.625. The monoisotopic (exact) mass is 230 g/mol. The summed E-state index contributed by atoms with van der Waals surface area (Å²) in [6.45, 7) is -0.819. The summed E-state index contributed by atoms with van der Waals surface area (Å²) in [5, 5.41) is 12.6. The molecule has 0 radical (unpaired) electrons. The highest BCUT2D eigenvalue weighted by Crippen LogP contribution is 2.33. The summed E-state index contributed by atoms with van der Waals surface area (Å²) in [5.41, 5.74) is 3.21. The molecule has 1 aromatic heterocycles. The Balaban J connectivity index is 2.11. The van der Waals surface area contributed by atoms with Crippen molar-refractivity contribution in [3.63, 3.8) is 0 Å². The third-order valence-electron chi connectivity index (χ3n) is 2.38. The van der Waals surface area contributed by atoms with E-state index in [1.165, 1.54) is 11.0 Å². The number of carbonyl (C=O) groups excluding carboxylic acids is 1. The molecule has 0 unspecified atom stereocenters. The number of carbonyl (C=O) groups is 1. The van der Waals surface area contributed by atoms with Crippen LogP contribution in [0, 0.1) is 0 Å². The molecule has 1 fully saturated rings. The van der Waals surface area contributed by atoms with Crippen molar-refractivity contribution in [2.24, 2.45) is 5.73 Å². The normalized spacial score (nSPS) is 29.5. The van der Waals surface area contributed by atoms with E-state index in [0.29, 0.717) is 0 Å². The zero-order chi connectivity index (χ0) is 11.8. The van der Waals surface area contributed by atoms with E-state index in [-0.39, 0.29) is 18.9 Å². The number of rotatable bonds is 3. The van der Waals surface area contributed by atoms with Gasteiger partial charge >= 0.3 is 0 Å². The molecule has 7 nitrogen and oxygen atoms in total. The van der Waals surface area contributed by atoms with E-state index in [9.17, 15) is 9.18 Å². The zero-order valence-electron chi connectivity index (χ0n) is 8.34. The van der Waals surface area contributed by atoms with Gasteiger partial charge in [-0.15, -0.1) is 5.10 Å². The standard InChI is InChI=1S/C8H11FN4O3/c9-8(2-14)1-5(16-3-8)13-4-11-7(12-13)6(10)15/h4-5,14H,1-3H2,(H2,10,15)/t5-,8-/m0/s1. The molecule has 2 rings (SSSR count). The third-order valence-corrected chi connectivity index (χ3v) is 2.38. The lowest BCUT2D eigenvalue weighted by atomic mass is 10.1. The SMILES string of the molecule is NC(=O)c1ncn([C@@H]2C[C@](F)(CO)CO2)n1. The van der Waals surface area contributed by atoms with Crippen LogP contribution in [0.2, 0.25) is 0 Å². The molecule has 88 valence electrons. The molecule has 0 bridgehead atoms. The fourth-order valence-corrected chi connectivity index (χ4v) is 1.48. The molecule has 2 atom stereocenters. The number of halogens is 1. The lowest BCUT2D eigenvalue weighted by Gasteiger charge is -2.12. The Morgan fingerprint density at radius 2 is 2.62 bits per heavy atom. The van der Waals surface area contributed by atoms with Crippen molar-refractivity contribution in [1.29, 1.82) is 0 Å². The summed E-state index contributed by atoms with van der Waals surface area (Å²) in [6.07, 6.45) is 0.539. The van der Waals surface area contributed by atoms with Gasteiger partial charge in [-0.3, -0.25) is 4.79 Å². The summed E-state index contributed by atoms with van der Waals surface area (Å²) < 4.78 is 19.9. The quantitative estimate of drug-likeness (QED) is 0.693. The van der Waals surface area contributed by atoms with Gasteiger partial charge in [-0.05, 0) is 0 Å². The number of nitrogens with two attached hydrogens (primary N) is 1. The summed E-state index contributed by atoms with van der Waals surface area (Å²) in [5.74, 6) is -0.908. The van der Waals surface area contributed by atoms with Gasteiger partial charge in [0.25, 0.3) is 5.91 Å². The topological polar surface area (TPSA) is 103 Å². The molecule has 3 N–H and O–H groups in total. The Kier molecular flexibility index (Phi) is 2.60. The van der Waals surface area contributed by atoms with Gasteiger partial charge in [0.15, 0.2) is 11.9 Å². The van der Waals surface area contributed by atoms with Crippen LogP contribution in [0.15, 0.2) is 6.33 Å². The Morgan fingerprint density at radius 1 is 1.88 bits per heavy atom. The van der Waals surface area contributed by atoms with Gasteiger partial charge in [0.2, 0.25) is 5.82 Å². The highest BCUT2D eigenvalue weighted by molar-refractivity contribution is 5.88. The summed E-state index contributed by atoms with van der Waals surface area (Å²) in [4.78, 5) is 14.4. The van der Waals surface area contributed by atoms with Gasteiger partial charge in [0.1, 0.15) is 6.33 Å². The molecular weight excluding hydrogens is 219 g/mol. The van der Waals surface area contributed by atoms with Crippen molar-refractivity contribution in [3.05, 3.63) is 12.2 Å². The summed E-state index contributed by atoms with van der Waals surface area (Å²) in [6, 6.07) is 0. The van der Waals surface area contributed by atoms with Crippen LogP contribution in [0.5, 0.6) is 0 Å². The van der Waals surface area contributed by atoms with Crippen molar-refractivity contribution in [3.8, 4) is 0 Å². The zero-order valence-corrected chi connectivity index (χ0v) is 8.34. The average molecular weight is 230 g/mol. The number of aromatic nitrogens is 3. The van der Waals surface area contributed by atoms with Crippen LogP contribution in [0.25, 0.3) is 0 Å². The van der Waals surface area contributed by atoms with Crippen molar-refractivity contribution in [2.75, 3.05) is 13.2 Å². The molecule has 0 saturated carbocycles. The maximum absolute atomic E-state index is 13.6. The highest BCUT2D eigenvalue weighted by Gasteiger charge is 2.41. The summed E-state index contributed by atoms with van der Waals surface area (Å²) in [7, 11) is 0. The van der Waals surface area contributed by atoms with Gasteiger partial charge in [0, 0.05) is 6.42 Å². The van der Waals surface area contributed by atoms with Crippen molar-refractivity contribution >= 4 is 5.91 Å². The molecule has 16 heavy (non-hydrogen) atoms. The second-order valence-electron chi connectivity index (χ2n) is 3.69. The first kappa shape index (κ1) is 11.0. The minimum Gasteiger partial charge on any atom is -0.393 e. The van der Waals surface area contributed by atoms with Crippen LogP contribution in [0.1, 0.15) is 23.3 Å². The molecule has 2 heterocycles. The number of amides is 1. The van der Waals surface area contributed by atoms with E-state index in [1.54, 1.807) is 0 Å². The second kappa shape index (κ2) is 3.80. The smallest absolute Gasteiger partial charge is 0.288 e. The van der Waals surface area contributed by atoms with Gasteiger partial charge in [0.05, 0.1) is 13.2 Å². The number of alkyl halides is 1. The molecule has 0 spiro atoms. The maximum Gasteiger partial charge on any atom is 0.288 e. The van der Waals surface area contributed by atoms with Crippen LogP contribution in [0.3, 0.4) is 0 Å². The fourth-order valence-electron chi connectivity index (χ4n) is 1.48. The Labute approximate surface area is 90.0 Å². The number of primary amides is 1. The van der Waals surface area contributed by atoms with E-state index in [2.05, 4.69) is 10.1 Å². The molecule has 1 aromatic rings. The first-order valence-electron chi connectivity index (χ1n) is 4.66. The minimum absolute atomic E-state index is 0.0366. The highest BCUT2D eigenvalue weighted by atomic mass is 19.1. The van der Waals surface area contributed by atoms with Crippen molar-refractivity contribution in [2.45, 2.75) is 18.3 Å². The third kappa shape index (κ3) is 1.89. The predicted octanol–water partition coefficient (Wildman–Crippen LogP) is -1.00. The Morgan fingerprint density at radius 3 is 3.12 bits per heavy atom. The van der Waals surface area contributed by atoms with Gasteiger partial charge < -0.3 is 15.6 Å². The van der Waals surface area contributed by atoms with E-state index < -0.39 is 24.4 Å². The molecule has 8 heteroatoms. The molecule has 1 saturated heterocycles. The van der Waals surface area contributed by atoms with Crippen molar-refractivity contribution < 1.29 is 19.0 Å². The number of ether oxygens (including phenoxy) is 1. The molecule has 0 aliphatic carbocycles. The number of aliphatic hydroxyl groups is 1. The lowest BCUT2D eigenvalue weighted by Crippen LogP contribution is -2.27. The predicted molar refractivity (Wildman–Crippen MR) is 49.1 cm³/mol. The first-order chi connectivity index (χ1) is 7.54. The van der Waals surface area contributed by atoms with Gasteiger partial charge in [-0.2, -0.15) is 0 Å². The van der Waals surface area contributed by atoms with Gasteiger partial charge in [-0.1, -0.05) is 0 Å². The maximum atomic E-state index is 13.6. The van der Waals surface area contributed by atoms with Crippen LogP contribution in [0.4, 0.5) is 4.39 Å². The van der Waals surface area contributed by atoms with E-state index >= 15 is 0 Å². The average Bonchev–Trinajstić information content (AvgIpc) is 2.84. The van der Waals surface area contributed by atoms with Crippen molar-refractivity contribution in [1.82, 2.24) is 14.8 Å². The molecular formula is C8H11FN4O3. The Hall–Kier alpha value is -1.54. The van der Waals surface area contributed by atoms with Crippen LogP contribution < -0.4 is 5.73 Å². The molecule has 1 amide bonds. The lowest BCUT2D eigenvalue weighted by molar-refractivity contribution is 0.0242. The minimum atomic E-state index is -1.76. The van der Waals surface area contributed by atoms with Crippen LogP contribution in [-0.4, -0.2) is 44.7 Å².